The van der Waals surface area contributed by atoms with Gasteiger partial charge in [0.2, 0.25) is 0 Å². The maximum atomic E-state index is 9.68. The number of rotatable bonds is 3. The second kappa shape index (κ2) is 4.45. The van der Waals surface area contributed by atoms with Gasteiger partial charge in [0, 0.05) is 11.8 Å². The Morgan fingerprint density at radius 3 is 2.87 bits per heavy atom. The summed E-state index contributed by atoms with van der Waals surface area (Å²) < 4.78 is 0. The fourth-order valence-corrected chi connectivity index (χ4v) is 2.50. The number of thiazole rings is 1. The van der Waals surface area contributed by atoms with Crippen LogP contribution in [0.4, 0.5) is 0 Å². The van der Waals surface area contributed by atoms with Crippen LogP contribution in [0, 0.1) is 0 Å². The van der Waals surface area contributed by atoms with Crippen LogP contribution >= 0.6 is 11.3 Å². The van der Waals surface area contributed by atoms with E-state index in [0.717, 1.165) is 28.3 Å². The average molecular weight is 219 g/mol. The molecule has 78 valence electrons. The number of hydrogen-bond acceptors (Lipinski definition) is 3. The van der Waals surface area contributed by atoms with Crippen LogP contribution in [0.5, 0.6) is 5.75 Å². The maximum absolute atomic E-state index is 9.68. The second-order valence-electron chi connectivity index (χ2n) is 3.39. The molecule has 0 aliphatic heterocycles. The van der Waals surface area contributed by atoms with Gasteiger partial charge in [0.25, 0.3) is 0 Å². The van der Waals surface area contributed by atoms with Crippen molar-refractivity contribution in [3.8, 4) is 16.2 Å². The number of phenols is 1. The molecule has 0 fully saturated rings. The number of hydrogen-bond donors (Lipinski definition) is 1. The van der Waals surface area contributed by atoms with Crippen LogP contribution in [0.1, 0.15) is 18.4 Å². The van der Waals surface area contributed by atoms with Crippen LogP contribution in [-0.2, 0) is 6.42 Å². The lowest BCUT2D eigenvalue weighted by atomic mass is 10.2. The second-order valence-corrected chi connectivity index (χ2v) is 4.50. The third kappa shape index (κ3) is 2.18. The maximum Gasteiger partial charge on any atom is 0.124 e. The van der Waals surface area contributed by atoms with Gasteiger partial charge in [0.15, 0.2) is 0 Å². The molecule has 2 nitrogen and oxygen atoms in total. The van der Waals surface area contributed by atoms with Crippen molar-refractivity contribution >= 4 is 11.3 Å². The smallest absolute Gasteiger partial charge is 0.124 e. The van der Waals surface area contributed by atoms with E-state index in [0.29, 0.717) is 5.75 Å². The fourth-order valence-electron chi connectivity index (χ4n) is 1.45. The first kappa shape index (κ1) is 10.2. The van der Waals surface area contributed by atoms with Gasteiger partial charge < -0.3 is 5.11 Å². The predicted molar refractivity (Wildman–Crippen MR) is 63.2 cm³/mol. The lowest BCUT2D eigenvalue weighted by Gasteiger charge is -1.98. The van der Waals surface area contributed by atoms with Gasteiger partial charge in [-0.1, -0.05) is 19.1 Å². The number of para-hydroxylation sites is 1. The van der Waals surface area contributed by atoms with Gasteiger partial charge in [0.1, 0.15) is 5.75 Å². The summed E-state index contributed by atoms with van der Waals surface area (Å²) >= 11 is 1.65. The number of benzene rings is 1. The molecule has 0 saturated carbocycles. The van der Waals surface area contributed by atoms with E-state index >= 15 is 0 Å². The minimum Gasteiger partial charge on any atom is -0.507 e. The number of nitrogens with zero attached hydrogens (tertiary/aromatic N) is 1. The Morgan fingerprint density at radius 2 is 2.13 bits per heavy atom. The molecule has 0 spiro atoms. The quantitative estimate of drug-likeness (QED) is 0.857. The number of phenolic OH excluding ortho intramolecular Hbond substituents is 1. The Kier molecular flexibility index (Phi) is 3.02. The topological polar surface area (TPSA) is 33.1 Å². The van der Waals surface area contributed by atoms with Gasteiger partial charge in [-0.3, -0.25) is 0 Å². The van der Waals surface area contributed by atoms with Crippen molar-refractivity contribution in [2.75, 3.05) is 0 Å². The molecule has 0 radical (unpaired) electrons. The van der Waals surface area contributed by atoms with Crippen LogP contribution < -0.4 is 0 Å². The SMILES string of the molecule is CCCc1ncc(-c2ccccc2O)s1. The standard InChI is InChI=1S/C12H13NOS/c1-2-5-12-13-8-11(15-12)9-6-3-4-7-10(9)14/h3-4,6-8,14H,2,5H2,1H3. The summed E-state index contributed by atoms with van der Waals surface area (Å²) in [7, 11) is 0. The molecule has 0 atom stereocenters. The van der Waals surface area contributed by atoms with Crippen LogP contribution in [0.3, 0.4) is 0 Å². The highest BCUT2D eigenvalue weighted by Crippen LogP contribution is 2.32. The highest BCUT2D eigenvalue weighted by Gasteiger charge is 2.07. The molecule has 0 unspecified atom stereocenters. The monoisotopic (exact) mass is 219 g/mol. The zero-order valence-corrected chi connectivity index (χ0v) is 9.42. The first-order valence-electron chi connectivity index (χ1n) is 5.04. The summed E-state index contributed by atoms with van der Waals surface area (Å²) in [5.41, 5.74) is 0.873. The zero-order valence-electron chi connectivity index (χ0n) is 8.60. The molecule has 0 aliphatic carbocycles. The van der Waals surface area contributed by atoms with Crippen molar-refractivity contribution in [3.63, 3.8) is 0 Å². The number of aryl methyl sites for hydroxylation is 1. The molecule has 0 bridgehead atoms. The minimum atomic E-state index is 0.323. The largest absolute Gasteiger partial charge is 0.507 e. The van der Waals surface area contributed by atoms with Crippen LogP contribution in [0.25, 0.3) is 10.4 Å². The number of aromatic nitrogens is 1. The highest BCUT2D eigenvalue weighted by molar-refractivity contribution is 7.15. The Morgan fingerprint density at radius 1 is 1.33 bits per heavy atom. The van der Waals surface area contributed by atoms with E-state index in [4.69, 9.17) is 0 Å². The molecule has 15 heavy (non-hydrogen) atoms. The lowest BCUT2D eigenvalue weighted by Crippen LogP contribution is -1.76. The number of aromatic hydroxyl groups is 1. The highest BCUT2D eigenvalue weighted by atomic mass is 32.1. The molecule has 0 saturated heterocycles. The molecule has 1 aromatic heterocycles. The summed E-state index contributed by atoms with van der Waals surface area (Å²) in [6.45, 7) is 2.14. The molecule has 1 heterocycles. The molecule has 2 aromatic rings. The molecule has 0 aliphatic rings. The molecule has 0 amide bonds. The van der Waals surface area contributed by atoms with Crippen molar-refractivity contribution in [2.24, 2.45) is 0 Å². The lowest BCUT2D eigenvalue weighted by molar-refractivity contribution is 0.477. The van der Waals surface area contributed by atoms with Gasteiger partial charge >= 0.3 is 0 Å². The van der Waals surface area contributed by atoms with Crippen molar-refractivity contribution < 1.29 is 5.11 Å². The average Bonchev–Trinajstić information content (AvgIpc) is 2.68. The Balaban J connectivity index is 2.33. The first-order valence-corrected chi connectivity index (χ1v) is 5.86. The molecule has 3 heteroatoms. The Hall–Kier alpha value is -1.35. The summed E-state index contributed by atoms with van der Waals surface area (Å²) in [5.74, 6) is 0.323. The normalized spacial score (nSPS) is 10.5. The summed E-state index contributed by atoms with van der Waals surface area (Å²) in [6.07, 6.45) is 3.96. The van der Waals surface area contributed by atoms with Gasteiger partial charge in [-0.05, 0) is 25.0 Å². The summed E-state index contributed by atoms with van der Waals surface area (Å²) in [5, 5.41) is 10.8. The van der Waals surface area contributed by atoms with Crippen molar-refractivity contribution in [1.82, 2.24) is 4.98 Å². The van der Waals surface area contributed by atoms with Crippen molar-refractivity contribution in [2.45, 2.75) is 19.8 Å². The molecule has 2 rings (SSSR count). The van der Waals surface area contributed by atoms with E-state index in [1.54, 1.807) is 17.4 Å². The minimum absolute atomic E-state index is 0.323. The van der Waals surface area contributed by atoms with Gasteiger partial charge in [-0.25, -0.2) is 4.98 Å². The van der Waals surface area contributed by atoms with E-state index in [1.165, 1.54) is 0 Å². The summed E-state index contributed by atoms with van der Waals surface area (Å²) in [4.78, 5) is 5.37. The van der Waals surface area contributed by atoms with E-state index < -0.39 is 0 Å². The van der Waals surface area contributed by atoms with Gasteiger partial charge in [-0.15, -0.1) is 11.3 Å². The van der Waals surface area contributed by atoms with E-state index in [-0.39, 0.29) is 0 Å². The van der Waals surface area contributed by atoms with Crippen LogP contribution in [-0.4, -0.2) is 10.1 Å². The Labute approximate surface area is 93.2 Å². The fraction of sp³-hybridized carbons (Fsp3) is 0.250. The molecule has 1 N–H and O–H groups in total. The third-order valence-corrected chi connectivity index (χ3v) is 3.28. The molecule has 1 aromatic carbocycles. The van der Waals surface area contributed by atoms with E-state index in [1.807, 2.05) is 24.4 Å². The van der Waals surface area contributed by atoms with E-state index in [9.17, 15) is 5.11 Å². The zero-order chi connectivity index (χ0) is 10.7. The first-order chi connectivity index (χ1) is 7.31. The van der Waals surface area contributed by atoms with E-state index in [2.05, 4.69) is 11.9 Å². The van der Waals surface area contributed by atoms with Gasteiger partial charge in [-0.2, -0.15) is 0 Å². The molecular formula is C12H13NOS. The summed E-state index contributed by atoms with van der Waals surface area (Å²) in [6, 6.07) is 7.37. The van der Waals surface area contributed by atoms with Gasteiger partial charge in [0.05, 0.1) is 9.88 Å². The van der Waals surface area contributed by atoms with Crippen LogP contribution in [0.15, 0.2) is 30.5 Å². The molecular weight excluding hydrogens is 206 g/mol. The van der Waals surface area contributed by atoms with Crippen LogP contribution in [0.2, 0.25) is 0 Å². The third-order valence-electron chi connectivity index (χ3n) is 2.19. The Bertz CT molecular complexity index is 450. The van der Waals surface area contributed by atoms with Crippen molar-refractivity contribution in [1.29, 1.82) is 0 Å². The van der Waals surface area contributed by atoms with Crippen molar-refractivity contribution in [3.05, 3.63) is 35.5 Å². The predicted octanol–water partition coefficient (Wildman–Crippen LogP) is 3.47.